The van der Waals surface area contributed by atoms with E-state index in [4.69, 9.17) is 4.52 Å². The van der Waals surface area contributed by atoms with Gasteiger partial charge in [0.1, 0.15) is 5.75 Å². The molecule has 1 aliphatic heterocycles. The van der Waals surface area contributed by atoms with Crippen LogP contribution in [0.25, 0.3) is 0 Å². The molecule has 96 valence electrons. The summed E-state index contributed by atoms with van der Waals surface area (Å²) in [4.78, 5) is 12.3. The minimum atomic E-state index is -3.36. The van der Waals surface area contributed by atoms with E-state index in [0.717, 1.165) is 0 Å². The molecule has 2 aromatic carbocycles. The number of rotatable bonds is 1. The molecule has 19 heavy (non-hydrogen) atoms. The molecule has 4 nitrogen and oxygen atoms in total. The standard InChI is InChI=1S/C14H12NO3P/c1-15-14(16)12-9-5-6-10-13(12)18-19(15,17)11-7-3-2-4-8-11/h2-10H,1H3. The van der Waals surface area contributed by atoms with Gasteiger partial charge in [0.15, 0.2) is 0 Å². The van der Waals surface area contributed by atoms with Crippen molar-refractivity contribution in [2.75, 3.05) is 7.05 Å². The SMILES string of the molecule is CN1C(=O)c2ccccc2OP1(=O)c1ccccc1. The summed E-state index contributed by atoms with van der Waals surface area (Å²) in [5.41, 5.74) is 0.437. The minimum Gasteiger partial charge on any atom is -0.425 e. The van der Waals surface area contributed by atoms with Gasteiger partial charge in [-0.05, 0) is 24.3 Å². The molecular weight excluding hydrogens is 261 g/mol. The fourth-order valence-corrected chi connectivity index (χ4v) is 3.95. The van der Waals surface area contributed by atoms with E-state index in [1.54, 1.807) is 48.5 Å². The molecule has 0 saturated heterocycles. The second kappa shape index (κ2) is 4.25. The van der Waals surface area contributed by atoms with Crippen LogP contribution in [0.3, 0.4) is 0 Å². The average molecular weight is 273 g/mol. The summed E-state index contributed by atoms with van der Waals surface area (Å²) in [6.45, 7) is 0. The zero-order chi connectivity index (χ0) is 13.5. The Morgan fingerprint density at radius 2 is 1.63 bits per heavy atom. The van der Waals surface area contributed by atoms with E-state index < -0.39 is 7.52 Å². The Hall–Kier alpha value is -2.06. The Bertz CT molecular complexity index is 684. The van der Waals surface area contributed by atoms with Crippen LogP contribution in [0.1, 0.15) is 10.4 Å². The van der Waals surface area contributed by atoms with Gasteiger partial charge in [-0.1, -0.05) is 30.3 Å². The summed E-state index contributed by atoms with van der Waals surface area (Å²) in [5.74, 6) is 0.0897. The van der Waals surface area contributed by atoms with Crippen LogP contribution in [-0.2, 0) is 4.57 Å². The first-order valence-electron chi connectivity index (χ1n) is 5.86. The zero-order valence-electron chi connectivity index (χ0n) is 10.3. The summed E-state index contributed by atoms with van der Waals surface area (Å²) in [6, 6.07) is 15.6. The monoisotopic (exact) mass is 273 g/mol. The maximum Gasteiger partial charge on any atom is 0.376 e. The number of benzene rings is 2. The fraction of sp³-hybridized carbons (Fsp3) is 0.0714. The van der Waals surface area contributed by atoms with E-state index in [0.29, 0.717) is 16.6 Å². The molecule has 1 unspecified atom stereocenters. The quantitative estimate of drug-likeness (QED) is 0.750. The van der Waals surface area contributed by atoms with Gasteiger partial charge in [0.05, 0.1) is 10.9 Å². The first-order chi connectivity index (χ1) is 9.13. The Morgan fingerprint density at radius 1 is 1.00 bits per heavy atom. The molecule has 2 aromatic rings. The summed E-state index contributed by atoms with van der Waals surface area (Å²) < 4.78 is 19.9. The number of carbonyl (C=O) groups is 1. The lowest BCUT2D eigenvalue weighted by Gasteiger charge is -2.33. The van der Waals surface area contributed by atoms with Gasteiger partial charge >= 0.3 is 7.52 Å². The van der Waals surface area contributed by atoms with Gasteiger partial charge in [0.2, 0.25) is 0 Å². The molecular formula is C14H12NO3P. The average Bonchev–Trinajstić information content (AvgIpc) is 2.46. The van der Waals surface area contributed by atoms with Crippen molar-refractivity contribution in [1.29, 1.82) is 0 Å². The predicted molar refractivity (Wildman–Crippen MR) is 72.8 cm³/mol. The van der Waals surface area contributed by atoms with E-state index >= 15 is 0 Å². The third kappa shape index (κ3) is 1.76. The Balaban J connectivity index is 2.16. The van der Waals surface area contributed by atoms with Crippen molar-refractivity contribution in [2.45, 2.75) is 0 Å². The maximum absolute atomic E-state index is 13.0. The van der Waals surface area contributed by atoms with Crippen LogP contribution in [0, 0.1) is 0 Å². The summed E-state index contributed by atoms with van der Waals surface area (Å²) in [6.07, 6.45) is 0. The van der Waals surface area contributed by atoms with E-state index in [9.17, 15) is 9.36 Å². The van der Waals surface area contributed by atoms with Crippen LogP contribution in [-0.4, -0.2) is 17.6 Å². The number of carbonyl (C=O) groups excluding carboxylic acids is 1. The normalized spacial score (nSPS) is 21.7. The lowest BCUT2D eigenvalue weighted by molar-refractivity contribution is 0.0860. The third-order valence-electron chi connectivity index (χ3n) is 3.11. The minimum absolute atomic E-state index is 0.283. The molecule has 0 aliphatic carbocycles. The number of para-hydroxylation sites is 1. The molecule has 1 heterocycles. The highest BCUT2D eigenvalue weighted by Crippen LogP contribution is 2.53. The summed E-state index contributed by atoms with van der Waals surface area (Å²) >= 11 is 0. The van der Waals surface area contributed by atoms with Crippen molar-refractivity contribution >= 4 is 18.7 Å². The first-order valence-corrected chi connectivity index (χ1v) is 7.43. The molecule has 0 spiro atoms. The second-order valence-corrected chi connectivity index (χ2v) is 6.61. The van der Waals surface area contributed by atoms with Crippen LogP contribution < -0.4 is 9.83 Å². The van der Waals surface area contributed by atoms with Crippen LogP contribution in [0.5, 0.6) is 5.75 Å². The zero-order valence-corrected chi connectivity index (χ0v) is 11.2. The van der Waals surface area contributed by atoms with Gasteiger partial charge in [-0.15, -0.1) is 0 Å². The van der Waals surface area contributed by atoms with Gasteiger partial charge in [-0.3, -0.25) is 9.46 Å². The van der Waals surface area contributed by atoms with Crippen molar-refractivity contribution in [2.24, 2.45) is 0 Å². The molecule has 1 amide bonds. The van der Waals surface area contributed by atoms with E-state index in [2.05, 4.69) is 0 Å². The number of fused-ring (bicyclic) bond motifs is 1. The molecule has 0 aromatic heterocycles. The highest BCUT2D eigenvalue weighted by Gasteiger charge is 2.42. The van der Waals surface area contributed by atoms with Crippen LogP contribution in [0.2, 0.25) is 0 Å². The Kier molecular flexibility index (Phi) is 2.68. The number of amides is 1. The van der Waals surface area contributed by atoms with Crippen molar-refractivity contribution in [1.82, 2.24) is 4.67 Å². The number of hydrogen-bond donors (Lipinski definition) is 0. The second-order valence-electron chi connectivity index (χ2n) is 4.27. The van der Waals surface area contributed by atoms with E-state index in [1.807, 2.05) is 6.07 Å². The van der Waals surface area contributed by atoms with E-state index in [1.165, 1.54) is 11.7 Å². The molecule has 0 N–H and O–H groups in total. The lowest BCUT2D eigenvalue weighted by atomic mass is 10.2. The largest absolute Gasteiger partial charge is 0.425 e. The van der Waals surface area contributed by atoms with Gasteiger partial charge < -0.3 is 4.52 Å². The van der Waals surface area contributed by atoms with Crippen LogP contribution in [0.15, 0.2) is 54.6 Å². The molecule has 5 heteroatoms. The Labute approximate surface area is 111 Å². The molecule has 1 atom stereocenters. The topological polar surface area (TPSA) is 46.6 Å². The van der Waals surface area contributed by atoms with Gasteiger partial charge in [0.25, 0.3) is 5.91 Å². The lowest BCUT2D eigenvalue weighted by Crippen LogP contribution is -2.35. The molecule has 0 bridgehead atoms. The van der Waals surface area contributed by atoms with Gasteiger partial charge in [-0.25, -0.2) is 4.57 Å². The van der Waals surface area contributed by atoms with E-state index in [-0.39, 0.29) is 5.91 Å². The molecule has 3 rings (SSSR count). The summed E-state index contributed by atoms with van der Waals surface area (Å²) in [7, 11) is -1.86. The van der Waals surface area contributed by atoms with Gasteiger partial charge in [0, 0.05) is 7.05 Å². The van der Waals surface area contributed by atoms with Crippen molar-refractivity contribution in [3.8, 4) is 5.75 Å². The van der Waals surface area contributed by atoms with Crippen LogP contribution in [0.4, 0.5) is 0 Å². The third-order valence-corrected chi connectivity index (χ3v) is 5.48. The number of hydrogen-bond acceptors (Lipinski definition) is 3. The number of nitrogens with zero attached hydrogens (tertiary/aromatic N) is 1. The first kappa shape index (κ1) is 12.0. The molecule has 0 fully saturated rings. The Morgan fingerprint density at radius 3 is 2.37 bits per heavy atom. The van der Waals surface area contributed by atoms with Crippen molar-refractivity contribution in [3.63, 3.8) is 0 Å². The summed E-state index contributed by atoms with van der Waals surface area (Å²) in [5, 5.41) is 0.514. The van der Waals surface area contributed by atoms with Crippen molar-refractivity contribution in [3.05, 3.63) is 60.2 Å². The smallest absolute Gasteiger partial charge is 0.376 e. The molecule has 0 saturated carbocycles. The van der Waals surface area contributed by atoms with Crippen molar-refractivity contribution < 1.29 is 13.9 Å². The fourth-order valence-electron chi connectivity index (χ4n) is 2.05. The highest BCUT2D eigenvalue weighted by molar-refractivity contribution is 7.65. The van der Waals surface area contributed by atoms with Crippen LogP contribution >= 0.6 is 7.52 Å². The predicted octanol–water partition coefficient (Wildman–Crippen LogP) is 2.67. The highest BCUT2D eigenvalue weighted by atomic mass is 31.2. The maximum atomic E-state index is 13.0. The molecule has 1 aliphatic rings. The molecule has 0 radical (unpaired) electrons. The van der Waals surface area contributed by atoms with Gasteiger partial charge in [-0.2, -0.15) is 0 Å².